The highest BCUT2D eigenvalue weighted by Gasteiger charge is 2.22. The third-order valence-electron chi connectivity index (χ3n) is 3.29. The fourth-order valence-corrected chi connectivity index (χ4v) is 3.40. The molecule has 0 spiro atoms. The van der Waals surface area contributed by atoms with Crippen LogP contribution in [0.4, 0.5) is 0 Å². The largest absolute Gasteiger partial charge is 0.462 e. The molecule has 0 aliphatic carbocycles. The van der Waals surface area contributed by atoms with E-state index in [1.807, 2.05) is 0 Å². The number of thioether (sulfide) groups is 1. The molecular formula is C17H12ClNO4S2. The number of amides is 1. The molecule has 25 heavy (non-hydrogen) atoms. The summed E-state index contributed by atoms with van der Waals surface area (Å²) < 4.78 is 11.2. The van der Waals surface area contributed by atoms with Gasteiger partial charge in [0, 0.05) is 11.6 Å². The van der Waals surface area contributed by atoms with Gasteiger partial charge in [-0.05, 0) is 37.3 Å². The minimum Gasteiger partial charge on any atom is -0.462 e. The van der Waals surface area contributed by atoms with Crippen LogP contribution in [0.3, 0.4) is 0 Å². The maximum atomic E-state index is 11.9. The molecule has 1 aliphatic heterocycles. The zero-order valence-electron chi connectivity index (χ0n) is 13.0. The molecule has 8 heteroatoms. The molecule has 1 N–H and O–H groups in total. The van der Waals surface area contributed by atoms with Gasteiger partial charge in [0.2, 0.25) is 0 Å². The lowest BCUT2D eigenvalue weighted by atomic mass is 10.1. The van der Waals surface area contributed by atoms with Crippen LogP contribution in [0, 0.1) is 0 Å². The summed E-state index contributed by atoms with van der Waals surface area (Å²) in [6.07, 6.45) is 1.62. The summed E-state index contributed by atoms with van der Waals surface area (Å²) in [5, 5.41) is 2.85. The summed E-state index contributed by atoms with van der Waals surface area (Å²) in [6.45, 7) is 1.99. The molecule has 0 unspecified atom stereocenters. The van der Waals surface area contributed by atoms with Crippen molar-refractivity contribution in [3.8, 4) is 11.3 Å². The molecular weight excluding hydrogens is 382 g/mol. The van der Waals surface area contributed by atoms with Crippen LogP contribution < -0.4 is 5.32 Å². The molecule has 0 atom stereocenters. The number of ether oxygens (including phenoxy) is 1. The lowest BCUT2D eigenvalue weighted by Gasteiger charge is -2.05. The second-order valence-electron chi connectivity index (χ2n) is 4.97. The number of hydrogen-bond donors (Lipinski definition) is 1. The van der Waals surface area contributed by atoms with E-state index in [9.17, 15) is 9.59 Å². The van der Waals surface area contributed by atoms with Gasteiger partial charge >= 0.3 is 5.97 Å². The van der Waals surface area contributed by atoms with Crippen LogP contribution in [0.25, 0.3) is 17.4 Å². The minimum absolute atomic E-state index is 0.246. The van der Waals surface area contributed by atoms with Crippen molar-refractivity contribution in [3.63, 3.8) is 0 Å². The predicted octanol–water partition coefficient (Wildman–Crippen LogP) is 4.27. The van der Waals surface area contributed by atoms with Crippen LogP contribution in [0.5, 0.6) is 0 Å². The normalized spacial score (nSPS) is 15.5. The molecule has 2 aromatic rings. The number of thiocarbonyl (C=S) groups is 1. The van der Waals surface area contributed by atoms with E-state index in [2.05, 4.69) is 5.32 Å². The van der Waals surface area contributed by atoms with Gasteiger partial charge < -0.3 is 14.5 Å². The number of rotatable bonds is 4. The van der Waals surface area contributed by atoms with Crippen molar-refractivity contribution in [2.45, 2.75) is 6.92 Å². The molecule has 0 bridgehead atoms. The third-order valence-corrected chi connectivity index (χ3v) is 4.78. The Morgan fingerprint density at radius 1 is 1.40 bits per heavy atom. The number of nitrogens with one attached hydrogen (secondary N) is 1. The average molecular weight is 394 g/mol. The van der Waals surface area contributed by atoms with E-state index in [1.165, 1.54) is 11.8 Å². The van der Waals surface area contributed by atoms with E-state index in [0.717, 1.165) is 0 Å². The van der Waals surface area contributed by atoms with Gasteiger partial charge in [-0.15, -0.1) is 0 Å². The van der Waals surface area contributed by atoms with Gasteiger partial charge in [-0.25, -0.2) is 4.79 Å². The fraction of sp³-hybridized carbons (Fsp3) is 0.118. The Morgan fingerprint density at radius 2 is 2.20 bits per heavy atom. The van der Waals surface area contributed by atoms with Crippen molar-refractivity contribution >= 4 is 57.9 Å². The monoisotopic (exact) mass is 393 g/mol. The summed E-state index contributed by atoms with van der Waals surface area (Å²) in [5.74, 6) is 0.310. The Morgan fingerprint density at radius 3 is 2.88 bits per heavy atom. The summed E-state index contributed by atoms with van der Waals surface area (Å²) in [6, 6.07) is 8.45. The summed E-state index contributed by atoms with van der Waals surface area (Å²) >= 11 is 12.2. The highest BCUT2D eigenvalue weighted by Crippen LogP contribution is 2.30. The summed E-state index contributed by atoms with van der Waals surface area (Å²) in [4.78, 5) is 24.1. The Labute approximate surface area is 158 Å². The van der Waals surface area contributed by atoms with E-state index in [0.29, 0.717) is 31.3 Å². The number of furan rings is 1. The maximum absolute atomic E-state index is 11.9. The van der Waals surface area contributed by atoms with Crippen molar-refractivity contribution in [1.29, 1.82) is 0 Å². The van der Waals surface area contributed by atoms with Crippen molar-refractivity contribution in [2.75, 3.05) is 6.61 Å². The molecule has 3 rings (SSSR count). The molecule has 2 heterocycles. The lowest BCUT2D eigenvalue weighted by molar-refractivity contribution is -0.115. The quantitative estimate of drug-likeness (QED) is 0.475. The van der Waals surface area contributed by atoms with Crippen molar-refractivity contribution in [3.05, 3.63) is 51.6 Å². The van der Waals surface area contributed by atoms with Crippen LogP contribution in [0.15, 0.2) is 39.7 Å². The van der Waals surface area contributed by atoms with Crippen LogP contribution in [0.1, 0.15) is 23.0 Å². The molecule has 1 fully saturated rings. The number of carbonyl (C=O) groups excluding carboxylic acids is 2. The molecule has 0 saturated carbocycles. The van der Waals surface area contributed by atoms with Crippen LogP contribution in [-0.4, -0.2) is 22.8 Å². The zero-order valence-corrected chi connectivity index (χ0v) is 15.4. The van der Waals surface area contributed by atoms with Gasteiger partial charge in [-0.2, -0.15) is 0 Å². The van der Waals surface area contributed by atoms with E-state index < -0.39 is 5.97 Å². The van der Waals surface area contributed by atoms with E-state index in [-0.39, 0.29) is 18.1 Å². The van der Waals surface area contributed by atoms with Crippen molar-refractivity contribution in [2.24, 2.45) is 0 Å². The number of carbonyl (C=O) groups is 2. The van der Waals surface area contributed by atoms with Crippen LogP contribution in [-0.2, 0) is 9.53 Å². The molecule has 1 amide bonds. The van der Waals surface area contributed by atoms with Gasteiger partial charge in [0.1, 0.15) is 15.8 Å². The van der Waals surface area contributed by atoms with Gasteiger partial charge in [-0.1, -0.05) is 35.6 Å². The first kappa shape index (κ1) is 17.7. The topological polar surface area (TPSA) is 68.5 Å². The second kappa shape index (κ2) is 7.43. The molecule has 5 nitrogen and oxygen atoms in total. The predicted molar refractivity (Wildman–Crippen MR) is 101 cm³/mol. The smallest absolute Gasteiger partial charge is 0.339 e. The number of esters is 1. The van der Waals surface area contributed by atoms with Crippen molar-refractivity contribution < 1.29 is 18.7 Å². The minimum atomic E-state index is -0.490. The van der Waals surface area contributed by atoms with Gasteiger partial charge in [-0.3, -0.25) is 4.79 Å². The number of benzene rings is 1. The van der Waals surface area contributed by atoms with Crippen LogP contribution >= 0.6 is 35.6 Å². The number of hydrogen-bond acceptors (Lipinski definition) is 6. The van der Waals surface area contributed by atoms with Gasteiger partial charge in [0.05, 0.1) is 22.1 Å². The van der Waals surface area contributed by atoms with Gasteiger partial charge in [0.25, 0.3) is 5.91 Å². The molecule has 0 radical (unpaired) electrons. The highest BCUT2D eigenvalue weighted by atomic mass is 35.5. The van der Waals surface area contributed by atoms with E-state index in [4.69, 9.17) is 33.0 Å². The molecule has 1 aliphatic rings. The SMILES string of the molecule is CCOC(=O)c1cc(-c2ccc(C=C3SC(=S)NC3=O)o2)ccc1Cl. The van der Waals surface area contributed by atoms with E-state index in [1.54, 1.807) is 43.3 Å². The molecule has 128 valence electrons. The molecule has 1 aromatic carbocycles. The third kappa shape index (κ3) is 3.95. The average Bonchev–Trinajstić information content (AvgIpc) is 3.15. The number of halogens is 1. The second-order valence-corrected chi connectivity index (χ2v) is 7.10. The Balaban J connectivity index is 1.89. The van der Waals surface area contributed by atoms with Gasteiger partial charge in [0.15, 0.2) is 0 Å². The van der Waals surface area contributed by atoms with E-state index >= 15 is 0 Å². The Bertz CT molecular complexity index is 904. The Hall–Kier alpha value is -2.09. The molecule has 1 saturated heterocycles. The summed E-state index contributed by atoms with van der Waals surface area (Å²) in [5.41, 5.74) is 0.949. The maximum Gasteiger partial charge on any atom is 0.339 e. The first-order valence-corrected chi connectivity index (χ1v) is 8.90. The summed E-state index contributed by atoms with van der Waals surface area (Å²) in [7, 11) is 0. The van der Waals surface area contributed by atoms with Crippen LogP contribution in [0.2, 0.25) is 5.02 Å². The van der Waals surface area contributed by atoms with Crippen molar-refractivity contribution in [1.82, 2.24) is 5.32 Å². The zero-order chi connectivity index (χ0) is 18.0. The fourth-order valence-electron chi connectivity index (χ4n) is 2.18. The highest BCUT2D eigenvalue weighted by molar-refractivity contribution is 8.26. The molecule has 1 aromatic heterocycles. The lowest BCUT2D eigenvalue weighted by Crippen LogP contribution is -2.17. The standard InChI is InChI=1S/C17H12ClNO4S2/c1-2-22-16(21)11-7-9(3-5-12(11)18)13-6-4-10(23-13)8-14-15(20)19-17(24)25-14/h3-8H,2H2,1H3,(H,19,20,24). The Kier molecular flexibility index (Phi) is 5.27. The first-order valence-electron chi connectivity index (χ1n) is 7.29. The first-order chi connectivity index (χ1) is 12.0.